The number of nitrogens with one attached hydrogen (secondary N) is 2. The third-order valence-electron chi connectivity index (χ3n) is 11.3. The van der Waals surface area contributed by atoms with Gasteiger partial charge in [0.15, 0.2) is 0 Å². The van der Waals surface area contributed by atoms with Crippen LogP contribution in [0.25, 0.3) is 11.3 Å². The van der Waals surface area contributed by atoms with E-state index in [2.05, 4.69) is 27.2 Å². The molecule has 0 atom stereocenters. The third kappa shape index (κ3) is 6.32. The van der Waals surface area contributed by atoms with Gasteiger partial charge in [0, 0.05) is 66.3 Å². The zero-order valence-electron chi connectivity index (χ0n) is 30.0. The van der Waals surface area contributed by atoms with Gasteiger partial charge in [0.05, 0.1) is 29.2 Å². The van der Waals surface area contributed by atoms with E-state index in [0.29, 0.717) is 59.1 Å². The van der Waals surface area contributed by atoms with Gasteiger partial charge in [0.25, 0.3) is 11.8 Å². The fourth-order valence-electron chi connectivity index (χ4n) is 8.37. The SMILES string of the molecule is C=Nc1ccccc1NCc1cc2c(o1)-c1ccc(F)cc1N(C(=O)c1ccc(NC(=O)c3cc4c(nc3N3CC5(CCOCC5)C3)CCC4)cc1)CC2. The minimum absolute atomic E-state index is 0.221. The highest BCUT2D eigenvalue weighted by atomic mass is 19.1. The number of fused-ring (bicyclic) bond motifs is 4. The van der Waals surface area contributed by atoms with Crippen LogP contribution in [-0.2, 0) is 30.5 Å². The van der Waals surface area contributed by atoms with E-state index in [4.69, 9.17) is 14.1 Å². The first-order valence-electron chi connectivity index (χ1n) is 18.7. The number of carbonyl (C=O) groups is 2. The van der Waals surface area contributed by atoms with E-state index in [-0.39, 0.29) is 17.2 Å². The second kappa shape index (κ2) is 13.9. The van der Waals surface area contributed by atoms with E-state index >= 15 is 0 Å². The van der Waals surface area contributed by atoms with Crippen LogP contribution in [0.4, 0.5) is 33.0 Å². The van der Waals surface area contributed by atoms with Crippen molar-refractivity contribution in [2.45, 2.75) is 45.1 Å². The Labute approximate surface area is 313 Å². The summed E-state index contributed by atoms with van der Waals surface area (Å²) in [5, 5.41) is 6.42. The maximum Gasteiger partial charge on any atom is 0.259 e. The Morgan fingerprint density at radius 3 is 2.57 bits per heavy atom. The van der Waals surface area contributed by atoms with Crippen molar-refractivity contribution in [3.63, 3.8) is 0 Å². The normalized spacial score (nSPS) is 16.8. The van der Waals surface area contributed by atoms with Gasteiger partial charge in [-0.15, -0.1) is 0 Å². The number of ether oxygens (including phenoxy) is 1. The van der Waals surface area contributed by atoms with Crippen LogP contribution in [0.5, 0.6) is 0 Å². The average Bonchev–Trinajstić information content (AvgIpc) is 3.79. The summed E-state index contributed by atoms with van der Waals surface area (Å²) in [6.45, 7) is 7.72. The van der Waals surface area contributed by atoms with Crippen molar-refractivity contribution in [3.05, 3.63) is 118 Å². The molecule has 9 rings (SSSR count). The lowest BCUT2D eigenvalue weighted by Crippen LogP contribution is -2.59. The molecule has 54 heavy (non-hydrogen) atoms. The molecule has 0 bridgehead atoms. The van der Waals surface area contributed by atoms with Crippen molar-refractivity contribution >= 4 is 47.1 Å². The molecular weight excluding hydrogens is 684 g/mol. The number of hydrogen-bond donors (Lipinski definition) is 2. The second-order valence-corrected chi connectivity index (χ2v) is 14.8. The van der Waals surface area contributed by atoms with Gasteiger partial charge in [-0.2, -0.15) is 0 Å². The van der Waals surface area contributed by atoms with Crippen molar-refractivity contribution in [1.82, 2.24) is 4.98 Å². The number of nitrogens with zero attached hydrogens (tertiary/aromatic N) is 4. The zero-order valence-corrected chi connectivity index (χ0v) is 30.0. The number of furan rings is 1. The summed E-state index contributed by atoms with van der Waals surface area (Å²) in [4.78, 5) is 40.9. The molecule has 2 N–H and O–H groups in total. The molecule has 11 heteroatoms. The topological polar surface area (TPSA) is 112 Å². The van der Waals surface area contributed by atoms with E-state index in [0.717, 1.165) is 92.4 Å². The number of pyridine rings is 1. The number of aromatic nitrogens is 1. The zero-order chi connectivity index (χ0) is 36.8. The summed E-state index contributed by atoms with van der Waals surface area (Å²) in [5.41, 5.74) is 7.64. The highest BCUT2D eigenvalue weighted by molar-refractivity contribution is 6.10. The van der Waals surface area contributed by atoms with E-state index in [1.54, 1.807) is 35.2 Å². The Morgan fingerprint density at radius 2 is 1.76 bits per heavy atom. The van der Waals surface area contributed by atoms with Crippen molar-refractivity contribution in [1.29, 1.82) is 0 Å². The lowest BCUT2D eigenvalue weighted by atomic mass is 9.73. The number of anilines is 4. The first-order chi connectivity index (χ1) is 26.4. The van der Waals surface area contributed by atoms with E-state index in [1.165, 1.54) is 12.1 Å². The van der Waals surface area contributed by atoms with Crippen molar-refractivity contribution in [2.75, 3.05) is 53.3 Å². The van der Waals surface area contributed by atoms with Crippen LogP contribution < -0.4 is 20.4 Å². The molecule has 1 spiro atoms. The highest BCUT2D eigenvalue weighted by Gasteiger charge is 2.45. The fraction of sp³-hybridized carbons (Fsp3) is 0.302. The summed E-state index contributed by atoms with van der Waals surface area (Å²) in [6, 6.07) is 22.9. The van der Waals surface area contributed by atoms with Crippen molar-refractivity contribution in [3.8, 4) is 11.3 Å². The van der Waals surface area contributed by atoms with Gasteiger partial charge in [-0.25, -0.2) is 9.37 Å². The summed E-state index contributed by atoms with van der Waals surface area (Å²) in [5.74, 6) is 1.14. The van der Waals surface area contributed by atoms with Crippen LogP contribution in [0, 0.1) is 11.2 Å². The molecule has 3 aliphatic heterocycles. The molecule has 2 saturated heterocycles. The average molecular weight is 725 g/mol. The lowest BCUT2D eigenvalue weighted by molar-refractivity contribution is -0.000520. The number of carbonyl (C=O) groups excluding carboxylic acids is 2. The molecule has 0 unspecified atom stereocenters. The molecule has 2 amide bonds. The van der Waals surface area contributed by atoms with Crippen molar-refractivity contribution in [2.24, 2.45) is 10.4 Å². The Bertz CT molecular complexity index is 2270. The minimum Gasteiger partial charge on any atom is -0.459 e. The summed E-state index contributed by atoms with van der Waals surface area (Å²) < 4.78 is 26.7. The second-order valence-electron chi connectivity index (χ2n) is 14.8. The number of aryl methyl sites for hydroxylation is 2. The van der Waals surface area contributed by atoms with Gasteiger partial charge >= 0.3 is 0 Å². The molecular formula is C43H41FN6O4. The largest absolute Gasteiger partial charge is 0.459 e. The predicted molar refractivity (Wildman–Crippen MR) is 208 cm³/mol. The molecule has 274 valence electrons. The Hall–Kier alpha value is -5.81. The molecule has 3 aromatic carbocycles. The van der Waals surface area contributed by atoms with Crippen LogP contribution in [0.3, 0.4) is 0 Å². The van der Waals surface area contributed by atoms with E-state index in [9.17, 15) is 14.0 Å². The van der Waals surface area contributed by atoms with Crippen LogP contribution >= 0.6 is 0 Å². The molecule has 0 saturated carbocycles. The standard InChI is InChI=1S/C43H41FN6O4/c1-45-36-6-2-3-7-37(36)46-24-32-21-29-15-18-50(38-23-30(44)11-14-33(38)39(29)54-32)42(52)27-9-12-31(13-10-27)47-41(51)34-22-28-5-4-8-35(28)48-40(34)49-25-43(26-49)16-19-53-20-17-43/h2-3,6-7,9-14,21-23,46H,1,4-5,8,15-20,24-26H2,(H,47,51). The third-order valence-corrected chi connectivity index (χ3v) is 11.3. The molecule has 0 radical (unpaired) electrons. The van der Waals surface area contributed by atoms with E-state index < -0.39 is 5.82 Å². The minimum atomic E-state index is -0.448. The molecule has 5 aromatic rings. The monoisotopic (exact) mass is 724 g/mol. The van der Waals surface area contributed by atoms with Crippen LogP contribution in [0.1, 0.15) is 62.6 Å². The van der Waals surface area contributed by atoms with Gasteiger partial charge in [0.1, 0.15) is 23.2 Å². The highest BCUT2D eigenvalue weighted by Crippen LogP contribution is 2.44. The first-order valence-corrected chi connectivity index (χ1v) is 18.7. The Balaban J connectivity index is 0.917. The predicted octanol–water partition coefficient (Wildman–Crippen LogP) is 7.99. The van der Waals surface area contributed by atoms with Gasteiger partial charge in [0.2, 0.25) is 0 Å². The van der Waals surface area contributed by atoms with Gasteiger partial charge in [-0.3, -0.25) is 14.6 Å². The summed E-state index contributed by atoms with van der Waals surface area (Å²) >= 11 is 0. The molecule has 10 nitrogen and oxygen atoms in total. The van der Waals surface area contributed by atoms with Gasteiger partial charge in [-0.05, 0) is 118 Å². The maximum absolute atomic E-state index is 14.8. The number of halogens is 1. The summed E-state index contributed by atoms with van der Waals surface area (Å²) in [7, 11) is 0. The summed E-state index contributed by atoms with van der Waals surface area (Å²) in [6.07, 6.45) is 5.49. The number of para-hydroxylation sites is 2. The smallest absolute Gasteiger partial charge is 0.259 e. The van der Waals surface area contributed by atoms with Crippen LogP contribution in [0.15, 0.2) is 88.3 Å². The molecule has 1 aliphatic carbocycles. The van der Waals surface area contributed by atoms with Gasteiger partial charge in [-0.1, -0.05) is 12.1 Å². The quantitative estimate of drug-likeness (QED) is 0.156. The number of rotatable bonds is 8. The molecule has 2 fully saturated rings. The lowest BCUT2D eigenvalue weighted by Gasteiger charge is -2.53. The number of amides is 2. The Morgan fingerprint density at radius 1 is 0.944 bits per heavy atom. The number of benzene rings is 3. The maximum atomic E-state index is 14.8. The number of hydrogen-bond acceptors (Lipinski definition) is 8. The van der Waals surface area contributed by atoms with Gasteiger partial charge < -0.3 is 29.6 Å². The first kappa shape index (κ1) is 34.0. The molecule has 5 heterocycles. The molecule has 2 aromatic heterocycles. The van der Waals surface area contributed by atoms with Crippen LogP contribution in [-0.4, -0.2) is 56.4 Å². The molecule has 4 aliphatic rings. The van der Waals surface area contributed by atoms with E-state index in [1.807, 2.05) is 36.4 Å². The number of aliphatic imine (C=N–C) groups is 1. The van der Waals surface area contributed by atoms with Crippen LogP contribution in [0.2, 0.25) is 0 Å². The Kier molecular flexibility index (Phi) is 8.73. The fourth-order valence-corrected chi connectivity index (χ4v) is 8.37. The van der Waals surface area contributed by atoms with Crippen molar-refractivity contribution < 1.29 is 23.1 Å².